The van der Waals surface area contributed by atoms with Crippen LogP contribution in [0.4, 0.5) is 11.5 Å². The van der Waals surface area contributed by atoms with Gasteiger partial charge in [-0.1, -0.05) is 0 Å². The maximum absolute atomic E-state index is 11.6. The van der Waals surface area contributed by atoms with Crippen molar-refractivity contribution in [1.29, 1.82) is 0 Å². The van der Waals surface area contributed by atoms with Crippen LogP contribution in [0.2, 0.25) is 0 Å². The van der Waals surface area contributed by atoms with E-state index < -0.39 is 0 Å². The lowest BCUT2D eigenvalue weighted by Crippen LogP contribution is -2.24. The molecule has 0 radical (unpaired) electrons. The lowest BCUT2D eigenvalue weighted by atomic mass is 10.1. The lowest BCUT2D eigenvalue weighted by Gasteiger charge is -2.13. The smallest absolute Gasteiger partial charge is 0.226 e. The standard InChI is InChI=1S/C10H12N4O/c15-9-5-8(6-1-2-6)13-10-7(12-9)3-4-11-14-10/h3-4,6,8H,1-2,5H2,(H,12,15)(H,13,14). The van der Waals surface area contributed by atoms with Crippen LogP contribution >= 0.6 is 0 Å². The molecule has 5 heteroatoms. The number of nitrogens with one attached hydrogen (secondary N) is 2. The predicted octanol–water partition coefficient (Wildman–Crippen LogP) is 1.01. The van der Waals surface area contributed by atoms with E-state index in [2.05, 4.69) is 20.8 Å². The monoisotopic (exact) mass is 204 g/mol. The Bertz CT molecular complexity index is 402. The van der Waals surface area contributed by atoms with E-state index in [1.807, 2.05) is 0 Å². The number of anilines is 2. The Morgan fingerprint density at radius 3 is 3.07 bits per heavy atom. The minimum Gasteiger partial charge on any atom is -0.363 e. The Balaban J connectivity index is 1.93. The summed E-state index contributed by atoms with van der Waals surface area (Å²) in [5, 5.41) is 13.9. The average Bonchev–Trinajstić information content (AvgIpc) is 3.02. The van der Waals surface area contributed by atoms with Gasteiger partial charge in [-0.15, -0.1) is 5.10 Å². The molecular weight excluding hydrogens is 192 g/mol. The fourth-order valence-corrected chi connectivity index (χ4v) is 1.95. The van der Waals surface area contributed by atoms with Crippen molar-refractivity contribution in [3.8, 4) is 0 Å². The molecule has 2 N–H and O–H groups in total. The zero-order valence-electron chi connectivity index (χ0n) is 8.23. The molecule has 5 nitrogen and oxygen atoms in total. The normalized spacial score (nSPS) is 24.8. The van der Waals surface area contributed by atoms with Crippen molar-refractivity contribution in [3.63, 3.8) is 0 Å². The van der Waals surface area contributed by atoms with Gasteiger partial charge in [0.1, 0.15) is 0 Å². The van der Waals surface area contributed by atoms with Crippen molar-refractivity contribution in [2.75, 3.05) is 10.6 Å². The van der Waals surface area contributed by atoms with Gasteiger partial charge in [0.2, 0.25) is 5.91 Å². The summed E-state index contributed by atoms with van der Waals surface area (Å²) in [7, 11) is 0. The van der Waals surface area contributed by atoms with Gasteiger partial charge in [-0.05, 0) is 24.8 Å². The first-order valence-electron chi connectivity index (χ1n) is 5.21. The molecule has 15 heavy (non-hydrogen) atoms. The average molecular weight is 204 g/mol. The molecule has 1 amide bonds. The van der Waals surface area contributed by atoms with Crippen molar-refractivity contribution in [2.45, 2.75) is 25.3 Å². The van der Waals surface area contributed by atoms with E-state index in [1.54, 1.807) is 12.3 Å². The number of carbonyl (C=O) groups excluding carboxylic acids is 1. The quantitative estimate of drug-likeness (QED) is 0.716. The van der Waals surface area contributed by atoms with Crippen LogP contribution in [0, 0.1) is 5.92 Å². The molecule has 2 aliphatic rings. The molecule has 1 aromatic rings. The zero-order valence-corrected chi connectivity index (χ0v) is 8.23. The van der Waals surface area contributed by atoms with E-state index in [0.29, 0.717) is 18.2 Å². The molecule has 2 heterocycles. The van der Waals surface area contributed by atoms with E-state index in [-0.39, 0.29) is 11.9 Å². The van der Waals surface area contributed by atoms with Crippen molar-refractivity contribution < 1.29 is 4.79 Å². The van der Waals surface area contributed by atoms with Gasteiger partial charge in [0, 0.05) is 12.5 Å². The van der Waals surface area contributed by atoms with Crippen LogP contribution in [0.15, 0.2) is 12.3 Å². The van der Waals surface area contributed by atoms with Gasteiger partial charge in [-0.2, -0.15) is 5.10 Å². The first-order valence-corrected chi connectivity index (χ1v) is 5.21. The van der Waals surface area contributed by atoms with Crippen LogP contribution < -0.4 is 10.6 Å². The minimum atomic E-state index is 0.0613. The summed E-state index contributed by atoms with van der Waals surface area (Å²) < 4.78 is 0. The predicted molar refractivity (Wildman–Crippen MR) is 55.4 cm³/mol. The molecule has 1 atom stereocenters. The maximum atomic E-state index is 11.6. The second-order valence-electron chi connectivity index (χ2n) is 4.13. The van der Waals surface area contributed by atoms with Gasteiger partial charge in [-0.3, -0.25) is 4.79 Å². The Labute approximate surface area is 87.3 Å². The van der Waals surface area contributed by atoms with Crippen LogP contribution in [0.25, 0.3) is 0 Å². The van der Waals surface area contributed by atoms with E-state index in [1.165, 1.54) is 12.8 Å². The van der Waals surface area contributed by atoms with Crippen LogP contribution in [0.1, 0.15) is 19.3 Å². The Morgan fingerprint density at radius 2 is 2.27 bits per heavy atom. The van der Waals surface area contributed by atoms with Crippen LogP contribution in [0.3, 0.4) is 0 Å². The highest BCUT2D eigenvalue weighted by molar-refractivity contribution is 5.95. The Hall–Kier alpha value is -1.65. The lowest BCUT2D eigenvalue weighted by molar-refractivity contribution is -0.116. The van der Waals surface area contributed by atoms with Gasteiger partial charge in [0.05, 0.1) is 11.9 Å². The maximum Gasteiger partial charge on any atom is 0.226 e. The Kier molecular flexibility index (Phi) is 1.83. The fraction of sp³-hybridized carbons (Fsp3) is 0.500. The van der Waals surface area contributed by atoms with Crippen LogP contribution in [-0.4, -0.2) is 22.1 Å². The highest BCUT2D eigenvalue weighted by Gasteiger charge is 2.34. The van der Waals surface area contributed by atoms with E-state index in [4.69, 9.17) is 0 Å². The molecule has 1 fully saturated rings. The fourth-order valence-electron chi connectivity index (χ4n) is 1.95. The number of amides is 1. The third-order valence-electron chi connectivity index (χ3n) is 2.91. The first-order chi connectivity index (χ1) is 7.33. The topological polar surface area (TPSA) is 66.9 Å². The summed E-state index contributed by atoms with van der Waals surface area (Å²) in [6, 6.07) is 1.99. The van der Waals surface area contributed by atoms with Gasteiger partial charge >= 0.3 is 0 Å². The minimum absolute atomic E-state index is 0.0613. The third-order valence-corrected chi connectivity index (χ3v) is 2.91. The van der Waals surface area contributed by atoms with Gasteiger partial charge < -0.3 is 10.6 Å². The van der Waals surface area contributed by atoms with E-state index in [0.717, 1.165) is 5.69 Å². The molecule has 78 valence electrons. The van der Waals surface area contributed by atoms with Gasteiger partial charge in [-0.25, -0.2) is 0 Å². The van der Waals surface area contributed by atoms with Gasteiger partial charge in [0.25, 0.3) is 0 Å². The molecule has 3 rings (SSSR count). The highest BCUT2D eigenvalue weighted by atomic mass is 16.1. The van der Waals surface area contributed by atoms with Crippen LogP contribution in [0.5, 0.6) is 0 Å². The van der Waals surface area contributed by atoms with E-state index in [9.17, 15) is 4.79 Å². The van der Waals surface area contributed by atoms with Crippen molar-refractivity contribution in [1.82, 2.24) is 10.2 Å². The molecule has 1 aliphatic heterocycles. The summed E-state index contributed by atoms with van der Waals surface area (Å²) in [4.78, 5) is 11.6. The number of carbonyl (C=O) groups is 1. The third kappa shape index (κ3) is 1.65. The zero-order chi connectivity index (χ0) is 10.3. The second-order valence-corrected chi connectivity index (χ2v) is 4.13. The number of hydrogen-bond donors (Lipinski definition) is 2. The first kappa shape index (κ1) is 8.64. The number of aromatic nitrogens is 2. The summed E-state index contributed by atoms with van der Waals surface area (Å²) in [5.74, 6) is 1.38. The molecule has 0 aromatic carbocycles. The van der Waals surface area contributed by atoms with Crippen molar-refractivity contribution in [3.05, 3.63) is 12.3 Å². The number of hydrogen-bond acceptors (Lipinski definition) is 4. The SMILES string of the molecule is O=C1CC(C2CC2)Nc2nnccc2N1. The number of fused-ring (bicyclic) bond motifs is 1. The largest absolute Gasteiger partial charge is 0.363 e. The molecule has 1 aromatic heterocycles. The second kappa shape index (κ2) is 3.18. The van der Waals surface area contributed by atoms with Crippen molar-refractivity contribution in [2.24, 2.45) is 5.92 Å². The molecule has 0 spiro atoms. The molecule has 0 bridgehead atoms. The Morgan fingerprint density at radius 1 is 1.40 bits per heavy atom. The molecule has 1 unspecified atom stereocenters. The summed E-state index contributed by atoms with van der Waals surface area (Å²) in [6.07, 6.45) is 4.53. The van der Waals surface area contributed by atoms with E-state index >= 15 is 0 Å². The molecule has 1 saturated carbocycles. The molecule has 1 aliphatic carbocycles. The highest BCUT2D eigenvalue weighted by Crippen LogP contribution is 2.37. The summed E-state index contributed by atoms with van der Waals surface area (Å²) in [6.45, 7) is 0. The summed E-state index contributed by atoms with van der Waals surface area (Å²) >= 11 is 0. The van der Waals surface area contributed by atoms with Crippen LogP contribution in [-0.2, 0) is 4.79 Å². The van der Waals surface area contributed by atoms with Gasteiger partial charge in [0.15, 0.2) is 5.82 Å². The summed E-state index contributed by atoms with van der Waals surface area (Å²) in [5.41, 5.74) is 0.734. The number of nitrogens with zero attached hydrogens (tertiary/aromatic N) is 2. The molecular formula is C10H12N4O. The van der Waals surface area contributed by atoms with Crippen molar-refractivity contribution >= 4 is 17.4 Å². The number of rotatable bonds is 1. The molecule has 0 saturated heterocycles.